The Kier molecular flexibility index (Phi) is 5.38. The molecule has 3 aromatic rings. The zero-order valence-corrected chi connectivity index (χ0v) is 14.9. The van der Waals surface area contributed by atoms with Crippen LogP contribution in [-0.4, -0.2) is 15.9 Å². The molecule has 1 aromatic heterocycles. The minimum absolute atomic E-state index is 0.155. The van der Waals surface area contributed by atoms with Gasteiger partial charge in [0.2, 0.25) is 0 Å². The van der Waals surface area contributed by atoms with Crippen LogP contribution in [0.1, 0.15) is 10.5 Å². The lowest BCUT2D eigenvalue weighted by atomic mass is 10.3. The Balaban J connectivity index is 1.70. The van der Waals surface area contributed by atoms with E-state index in [2.05, 4.69) is 20.6 Å². The number of hydrogen-bond acceptors (Lipinski definition) is 4. The average molecular weight is 394 g/mol. The van der Waals surface area contributed by atoms with E-state index in [1.54, 1.807) is 30.3 Å². The van der Waals surface area contributed by atoms with Crippen molar-refractivity contribution in [2.45, 2.75) is 0 Å². The highest BCUT2D eigenvalue weighted by molar-refractivity contribution is 6.36. The molecule has 1 amide bonds. The van der Waals surface area contributed by atoms with Gasteiger partial charge in [0.1, 0.15) is 11.5 Å². The molecule has 0 bridgehead atoms. The quantitative estimate of drug-likeness (QED) is 0.620. The first-order valence-corrected chi connectivity index (χ1v) is 8.26. The number of amides is 1. The first-order chi connectivity index (χ1) is 12.0. The van der Waals surface area contributed by atoms with E-state index in [4.69, 9.17) is 34.8 Å². The SMILES string of the molecule is O=C(Nc1ccc(Cl)cc1Cl)c1cnc(Nc2cccc(Cl)c2)cn1. The summed E-state index contributed by atoms with van der Waals surface area (Å²) in [5, 5.41) is 7.14. The Bertz CT molecular complexity index is 916. The second-order valence-electron chi connectivity index (χ2n) is 5.00. The Morgan fingerprint density at radius 1 is 0.920 bits per heavy atom. The maximum absolute atomic E-state index is 12.2. The molecule has 0 fully saturated rings. The van der Waals surface area contributed by atoms with Gasteiger partial charge in [0, 0.05) is 15.7 Å². The fraction of sp³-hybridized carbons (Fsp3) is 0. The number of hydrogen-bond donors (Lipinski definition) is 2. The molecular weight excluding hydrogens is 383 g/mol. The van der Waals surface area contributed by atoms with Crippen molar-refractivity contribution < 1.29 is 4.79 Å². The third kappa shape index (κ3) is 4.60. The van der Waals surface area contributed by atoms with Gasteiger partial charge < -0.3 is 10.6 Å². The number of halogens is 3. The number of anilines is 3. The lowest BCUT2D eigenvalue weighted by Crippen LogP contribution is -2.14. The molecule has 0 saturated carbocycles. The summed E-state index contributed by atoms with van der Waals surface area (Å²) in [5.74, 6) is 0.0642. The average Bonchev–Trinajstić information content (AvgIpc) is 2.58. The summed E-state index contributed by atoms with van der Waals surface area (Å²) < 4.78 is 0. The molecule has 0 aliphatic rings. The summed E-state index contributed by atoms with van der Waals surface area (Å²) in [5.41, 5.74) is 1.37. The van der Waals surface area contributed by atoms with Crippen molar-refractivity contribution in [3.8, 4) is 0 Å². The van der Waals surface area contributed by atoms with Gasteiger partial charge >= 0.3 is 0 Å². The van der Waals surface area contributed by atoms with E-state index in [-0.39, 0.29) is 5.69 Å². The van der Waals surface area contributed by atoms with Crippen molar-refractivity contribution in [1.29, 1.82) is 0 Å². The number of nitrogens with zero attached hydrogens (tertiary/aromatic N) is 2. The standard InChI is InChI=1S/C17H11Cl3N4O/c18-10-2-1-3-12(6-10)23-16-9-21-15(8-22-16)17(25)24-14-5-4-11(19)7-13(14)20/h1-9H,(H,22,23)(H,24,25). The lowest BCUT2D eigenvalue weighted by molar-refractivity contribution is 0.102. The molecule has 2 aromatic carbocycles. The Morgan fingerprint density at radius 2 is 1.72 bits per heavy atom. The van der Waals surface area contributed by atoms with Crippen LogP contribution in [0.2, 0.25) is 15.1 Å². The van der Waals surface area contributed by atoms with Crippen LogP contribution in [0.25, 0.3) is 0 Å². The molecule has 1 heterocycles. The van der Waals surface area contributed by atoms with E-state index in [0.717, 1.165) is 5.69 Å². The molecule has 5 nitrogen and oxygen atoms in total. The van der Waals surface area contributed by atoms with Gasteiger partial charge in [0.05, 0.1) is 23.1 Å². The van der Waals surface area contributed by atoms with Crippen molar-refractivity contribution in [3.63, 3.8) is 0 Å². The third-order valence-corrected chi connectivity index (χ3v) is 3.94. The predicted octanol–water partition coefficient (Wildman–Crippen LogP) is 5.43. The van der Waals surface area contributed by atoms with Crippen LogP contribution in [0.15, 0.2) is 54.9 Å². The largest absolute Gasteiger partial charge is 0.339 e. The van der Waals surface area contributed by atoms with Crippen LogP contribution in [0.3, 0.4) is 0 Å². The van der Waals surface area contributed by atoms with Gasteiger partial charge in [0.15, 0.2) is 0 Å². The van der Waals surface area contributed by atoms with Crippen LogP contribution >= 0.6 is 34.8 Å². The highest BCUT2D eigenvalue weighted by Crippen LogP contribution is 2.25. The van der Waals surface area contributed by atoms with Crippen molar-refractivity contribution in [2.75, 3.05) is 10.6 Å². The Hall–Kier alpha value is -2.34. The monoisotopic (exact) mass is 392 g/mol. The van der Waals surface area contributed by atoms with E-state index in [9.17, 15) is 4.79 Å². The van der Waals surface area contributed by atoms with Gasteiger partial charge in [-0.15, -0.1) is 0 Å². The first-order valence-electron chi connectivity index (χ1n) is 7.12. The van der Waals surface area contributed by atoms with Gasteiger partial charge in [0.25, 0.3) is 5.91 Å². The van der Waals surface area contributed by atoms with Gasteiger partial charge in [-0.3, -0.25) is 4.79 Å². The zero-order valence-electron chi connectivity index (χ0n) is 12.6. The second-order valence-corrected chi connectivity index (χ2v) is 6.28. The van der Waals surface area contributed by atoms with Crippen LogP contribution in [0.5, 0.6) is 0 Å². The first kappa shape index (κ1) is 17.5. The molecule has 126 valence electrons. The molecule has 0 aliphatic carbocycles. The van der Waals surface area contributed by atoms with Crippen molar-refractivity contribution in [3.05, 3.63) is 75.6 Å². The van der Waals surface area contributed by atoms with E-state index in [1.807, 2.05) is 12.1 Å². The molecule has 8 heteroatoms. The molecule has 0 radical (unpaired) electrons. The fourth-order valence-electron chi connectivity index (χ4n) is 2.00. The number of rotatable bonds is 4. The molecular formula is C17H11Cl3N4O. The zero-order chi connectivity index (χ0) is 17.8. The number of aromatic nitrogens is 2. The molecule has 0 spiro atoms. The molecule has 0 aliphatic heterocycles. The Morgan fingerprint density at radius 3 is 2.40 bits per heavy atom. The van der Waals surface area contributed by atoms with E-state index >= 15 is 0 Å². The number of nitrogens with one attached hydrogen (secondary N) is 2. The molecule has 0 unspecified atom stereocenters. The maximum atomic E-state index is 12.2. The molecule has 2 N–H and O–H groups in total. The predicted molar refractivity (Wildman–Crippen MR) is 101 cm³/mol. The number of carbonyl (C=O) groups is 1. The highest BCUT2D eigenvalue weighted by Gasteiger charge is 2.11. The van der Waals surface area contributed by atoms with Crippen molar-refractivity contribution in [2.24, 2.45) is 0 Å². The van der Waals surface area contributed by atoms with Crippen LogP contribution in [0, 0.1) is 0 Å². The third-order valence-electron chi connectivity index (χ3n) is 3.16. The molecule has 0 atom stereocenters. The minimum Gasteiger partial charge on any atom is -0.339 e. The van der Waals surface area contributed by atoms with Crippen molar-refractivity contribution in [1.82, 2.24) is 9.97 Å². The molecule has 3 rings (SSSR count). The van der Waals surface area contributed by atoms with E-state index in [0.29, 0.717) is 26.6 Å². The van der Waals surface area contributed by atoms with Crippen LogP contribution < -0.4 is 10.6 Å². The van der Waals surface area contributed by atoms with Crippen molar-refractivity contribution >= 4 is 57.9 Å². The minimum atomic E-state index is -0.425. The van der Waals surface area contributed by atoms with Crippen LogP contribution in [-0.2, 0) is 0 Å². The summed E-state index contributed by atoms with van der Waals surface area (Å²) >= 11 is 17.8. The van der Waals surface area contributed by atoms with Gasteiger partial charge in [-0.05, 0) is 36.4 Å². The summed E-state index contributed by atoms with van der Waals surface area (Å²) in [6, 6.07) is 12.0. The van der Waals surface area contributed by atoms with Crippen LogP contribution in [0.4, 0.5) is 17.2 Å². The lowest BCUT2D eigenvalue weighted by Gasteiger charge is -2.08. The molecule has 0 saturated heterocycles. The number of benzene rings is 2. The highest BCUT2D eigenvalue weighted by atomic mass is 35.5. The van der Waals surface area contributed by atoms with Gasteiger partial charge in [-0.1, -0.05) is 40.9 Å². The van der Waals surface area contributed by atoms with E-state index in [1.165, 1.54) is 12.4 Å². The maximum Gasteiger partial charge on any atom is 0.275 e. The summed E-state index contributed by atoms with van der Waals surface area (Å²) in [6.07, 6.45) is 2.82. The smallest absolute Gasteiger partial charge is 0.275 e. The summed E-state index contributed by atoms with van der Waals surface area (Å²) in [6.45, 7) is 0. The van der Waals surface area contributed by atoms with Gasteiger partial charge in [-0.25, -0.2) is 9.97 Å². The number of carbonyl (C=O) groups excluding carboxylic acids is 1. The summed E-state index contributed by atoms with van der Waals surface area (Å²) in [7, 11) is 0. The summed E-state index contributed by atoms with van der Waals surface area (Å²) in [4.78, 5) is 20.5. The topological polar surface area (TPSA) is 66.9 Å². The second kappa shape index (κ2) is 7.70. The van der Waals surface area contributed by atoms with Gasteiger partial charge in [-0.2, -0.15) is 0 Å². The van der Waals surface area contributed by atoms with E-state index < -0.39 is 5.91 Å². The molecule has 25 heavy (non-hydrogen) atoms. The normalized spacial score (nSPS) is 10.4. The fourth-order valence-corrected chi connectivity index (χ4v) is 2.65. The Labute approximate surface area is 159 Å².